The Morgan fingerprint density at radius 2 is 2.18 bits per heavy atom. The van der Waals surface area contributed by atoms with Gasteiger partial charge in [0, 0.05) is 45.0 Å². The van der Waals surface area contributed by atoms with Crippen molar-refractivity contribution in [1.29, 1.82) is 0 Å². The van der Waals surface area contributed by atoms with Crippen molar-refractivity contribution in [3.05, 3.63) is 46.8 Å². The molecule has 0 unspecified atom stereocenters. The molecule has 116 valence electrons. The lowest BCUT2D eigenvalue weighted by Gasteiger charge is -2.32. The normalized spacial score (nSPS) is 16.6. The SMILES string of the molecule is Cn1ncc(CN2CCC(Nc3ccncn3)CC2)cc1=O. The van der Waals surface area contributed by atoms with Crippen LogP contribution in [0.1, 0.15) is 18.4 Å². The maximum atomic E-state index is 11.6. The lowest BCUT2D eigenvalue weighted by atomic mass is 10.0. The van der Waals surface area contributed by atoms with Crippen LogP contribution in [-0.2, 0) is 13.6 Å². The minimum atomic E-state index is -0.0576. The minimum absolute atomic E-state index is 0.0576. The number of likely N-dealkylation sites (tertiary alicyclic amines) is 1. The second kappa shape index (κ2) is 6.65. The zero-order chi connectivity index (χ0) is 15.4. The number of hydrogen-bond acceptors (Lipinski definition) is 6. The highest BCUT2D eigenvalue weighted by molar-refractivity contribution is 5.33. The lowest BCUT2D eigenvalue weighted by molar-refractivity contribution is 0.210. The highest BCUT2D eigenvalue weighted by atomic mass is 16.1. The van der Waals surface area contributed by atoms with Crippen molar-refractivity contribution in [2.75, 3.05) is 18.4 Å². The monoisotopic (exact) mass is 300 g/mol. The second-order valence-corrected chi connectivity index (χ2v) is 5.62. The molecule has 0 aliphatic carbocycles. The number of nitrogens with zero attached hydrogens (tertiary/aromatic N) is 5. The van der Waals surface area contributed by atoms with E-state index in [9.17, 15) is 4.79 Å². The van der Waals surface area contributed by atoms with Crippen LogP contribution in [0.2, 0.25) is 0 Å². The molecular weight excluding hydrogens is 280 g/mol. The Kier molecular flexibility index (Phi) is 4.43. The van der Waals surface area contributed by atoms with Crippen molar-refractivity contribution < 1.29 is 0 Å². The Labute approximate surface area is 129 Å². The van der Waals surface area contributed by atoms with Gasteiger partial charge in [-0.05, 0) is 24.5 Å². The molecule has 7 nitrogen and oxygen atoms in total. The molecule has 0 radical (unpaired) electrons. The minimum Gasteiger partial charge on any atom is -0.367 e. The van der Waals surface area contributed by atoms with E-state index in [1.807, 2.05) is 6.07 Å². The van der Waals surface area contributed by atoms with Crippen LogP contribution in [0, 0.1) is 0 Å². The smallest absolute Gasteiger partial charge is 0.266 e. The molecule has 1 saturated heterocycles. The molecule has 0 amide bonds. The quantitative estimate of drug-likeness (QED) is 0.893. The first-order valence-electron chi connectivity index (χ1n) is 7.48. The third-order valence-corrected chi connectivity index (χ3v) is 3.95. The summed E-state index contributed by atoms with van der Waals surface area (Å²) in [5.74, 6) is 0.879. The number of piperidine rings is 1. The van der Waals surface area contributed by atoms with Gasteiger partial charge >= 0.3 is 0 Å². The van der Waals surface area contributed by atoms with Gasteiger partial charge in [0.2, 0.25) is 0 Å². The highest BCUT2D eigenvalue weighted by Crippen LogP contribution is 2.16. The number of aromatic nitrogens is 4. The van der Waals surface area contributed by atoms with E-state index in [4.69, 9.17) is 0 Å². The number of rotatable bonds is 4. The summed E-state index contributed by atoms with van der Waals surface area (Å²) in [7, 11) is 1.66. The summed E-state index contributed by atoms with van der Waals surface area (Å²) in [4.78, 5) is 22.1. The summed E-state index contributed by atoms with van der Waals surface area (Å²) in [6.07, 6.45) is 7.19. The fourth-order valence-corrected chi connectivity index (χ4v) is 2.67. The first-order chi connectivity index (χ1) is 10.7. The molecule has 0 atom stereocenters. The van der Waals surface area contributed by atoms with Gasteiger partial charge in [0.25, 0.3) is 5.56 Å². The highest BCUT2D eigenvalue weighted by Gasteiger charge is 2.19. The van der Waals surface area contributed by atoms with E-state index in [0.717, 1.165) is 43.9 Å². The molecule has 0 bridgehead atoms. The van der Waals surface area contributed by atoms with Crippen LogP contribution in [0.5, 0.6) is 0 Å². The molecule has 0 aromatic carbocycles. The van der Waals surface area contributed by atoms with Crippen molar-refractivity contribution >= 4 is 5.82 Å². The van der Waals surface area contributed by atoms with Crippen molar-refractivity contribution in [1.82, 2.24) is 24.6 Å². The topological polar surface area (TPSA) is 75.9 Å². The predicted molar refractivity (Wildman–Crippen MR) is 83.4 cm³/mol. The van der Waals surface area contributed by atoms with Gasteiger partial charge in [-0.3, -0.25) is 9.69 Å². The summed E-state index contributed by atoms with van der Waals surface area (Å²) in [5.41, 5.74) is 0.920. The third kappa shape index (κ3) is 3.67. The molecule has 2 aromatic rings. The third-order valence-electron chi connectivity index (χ3n) is 3.95. The predicted octanol–water partition coefficient (Wildman–Crippen LogP) is 0.647. The van der Waals surface area contributed by atoms with Gasteiger partial charge in [0.1, 0.15) is 12.1 Å². The molecule has 7 heteroatoms. The van der Waals surface area contributed by atoms with Gasteiger partial charge in [-0.15, -0.1) is 0 Å². The van der Waals surface area contributed by atoms with Crippen LogP contribution in [0.3, 0.4) is 0 Å². The second-order valence-electron chi connectivity index (χ2n) is 5.62. The van der Waals surface area contributed by atoms with Crippen molar-refractivity contribution in [2.24, 2.45) is 7.05 Å². The Bertz CT molecular complexity index is 663. The molecule has 1 N–H and O–H groups in total. The van der Waals surface area contributed by atoms with Gasteiger partial charge in [0.05, 0.1) is 6.20 Å². The van der Waals surface area contributed by atoms with E-state index in [1.54, 1.807) is 31.8 Å². The average Bonchev–Trinajstić information content (AvgIpc) is 2.54. The maximum absolute atomic E-state index is 11.6. The number of aryl methyl sites for hydroxylation is 1. The maximum Gasteiger partial charge on any atom is 0.266 e. The molecule has 3 heterocycles. The summed E-state index contributed by atoms with van der Waals surface area (Å²) in [5, 5.41) is 7.50. The summed E-state index contributed by atoms with van der Waals surface area (Å²) in [6, 6.07) is 3.99. The number of anilines is 1. The number of nitrogens with one attached hydrogen (secondary N) is 1. The fourth-order valence-electron chi connectivity index (χ4n) is 2.67. The standard InChI is InChI=1S/C15H20N6O/c1-20-15(22)8-12(9-18-20)10-21-6-3-13(4-7-21)19-14-2-5-16-11-17-14/h2,5,8-9,11,13H,3-4,6-7,10H2,1H3,(H,16,17,19). The van der Waals surface area contributed by atoms with Crippen molar-refractivity contribution in [2.45, 2.75) is 25.4 Å². The van der Waals surface area contributed by atoms with Crippen LogP contribution in [0.15, 0.2) is 35.6 Å². The van der Waals surface area contributed by atoms with Crippen LogP contribution in [-0.4, -0.2) is 43.8 Å². The molecule has 3 rings (SSSR count). The molecular formula is C15H20N6O. The molecule has 1 aliphatic rings. The molecule has 22 heavy (non-hydrogen) atoms. The van der Waals surface area contributed by atoms with Gasteiger partial charge < -0.3 is 5.32 Å². The Hall–Kier alpha value is -2.28. The molecule has 0 spiro atoms. The largest absolute Gasteiger partial charge is 0.367 e. The first-order valence-corrected chi connectivity index (χ1v) is 7.48. The van der Waals surface area contributed by atoms with E-state index in [-0.39, 0.29) is 5.56 Å². The summed E-state index contributed by atoms with van der Waals surface area (Å²) in [6.45, 7) is 2.78. The van der Waals surface area contributed by atoms with Gasteiger partial charge in [-0.2, -0.15) is 5.10 Å². The van der Waals surface area contributed by atoms with E-state index >= 15 is 0 Å². The molecule has 0 saturated carbocycles. The molecule has 2 aromatic heterocycles. The van der Waals surface area contributed by atoms with E-state index < -0.39 is 0 Å². The summed E-state index contributed by atoms with van der Waals surface area (Å²) < 4.78 is 1.35. The van der Waals surface area contributed by atoms with Crippen molar-refractivity contribution in [3.63, 3.8) is 0 Å². The van der Waals surface area contributed by atoms with Crippen LogP contribution in [0.25, 0.3) is 0 Å². The van der Waals surface area contributed by atoms with Gasteiger partial charge in [-0.25, -0.2) is 14.6 Å². The van der Waals surface area contributed by atoms with Crippen molar-refractivity contribution in [3.8, 4) is 0 Å². The van der Waals surface area contributed by atoms with E-state index in [2.05, 4.69) is 25.3 Å². The van der Waals surface area contributed by atoms with E-state index in [1.165, 1.54) is 4.68 Å². The van der Waals surface area contributed by atoms with Crippen LogP contribution in [0.4, 0.5) is 5.82 Å². The summed E-state index contributed by atoms with van der Waals surface area (Å²) >= 11 is 0. The zero-order valence-corrected chi connectivity index (χ0v) is 12.6. The van der Waals surface area contributed by atoms with Gasteiger partial charge in [-0.1, -0.05) is 0 Å². The van der Waals surface area contributed by atoms with Gasteiger partial charge in [0.15, 0.2) is 0 Å². The van der Waals surface area contributed by atoms with Crippen LogP contribution >= 0.6 is 0 Å². The van der Waals surface area contributed by atoms with Crippen LogP contribution < -0.4 is 10.9 Å². The molecule has 1 fully saturated rings. The number of hydrogen-bond donors (Lipinski definition) is 1. The lowest BCUT2D eigenvalue weighted by Crippen LogP contribution is -2.39. The zero-order valence-electron chi connectivity index (χ0n) is 12.6. The van der Waals surface area contributed by atoms with E-state index in [0.29, 0.717) is 6.04 Å². The molecule has 1 aliphatic heterocycles. The average molecular weight is 300 g/mol. The Morgan fingerprint density at radius 1 is 1.36 bits per heavy atom. The first kappa shape index (κ1) is 14.6. The fraction of sp³-hybridized carbons (Fsp3) is 0.467. The Morgan fingerprint density at radius 3 is 2.86 bits per heavy atom. The Balaban J connectivity index is 1.51.